The van der Waals surface area contributed by atoms with Crippen LogP contribution in [0.2, 0.25) is 0 Å². The maximum absolute atomic E-state index is 14.0. The van der Waals surface area contributed by atoms with Crippen molar-refractivity contribution in [1.29, 1.82) is 5.26 Å². The van der Waals surface area contributed by atoms with Gasteiger partial charge in [-0.2, -0.15) is 18.4 Å². The first-order chi connectivity index (χ1) is 33.1. The molecule has 0 unspecified atom stereocenters. The van der Waals surface area contributed by atoms with E-state index in [1.165, 1.54) is 11.0 Å². The topological polar surface area (TPSA) is 177 Å². The van der Waals surface area contributed by atoms with Crippen LogP contribution in [0.25, 0.3) is 21.6 Å². The van der Waals surface area contributed by atoms with Gasteiger partial charge < -0.3 is 35.0 Å². The Labute approximate surface area is 413 Å². The molecule has 0 radical (unpaired) electrons. The Bertz CT molecular complexity index is 2810. The summed E-state index contributed by atoms with van der Waals surface area (Å²) in [5.41, 5.74) is 3.04. The molecule has 2 aliphatic heterocycles. The van der Waals surface area contributed by atoms with Crippen molar-refractivity contribution in [1.82, 2.24) is 20.5 Å². The van der Waals surface area contributed by atoms with Crippen molar-refractivity contribution in [3.8, 4) is 33.4 Å². The molecule has 3 heterocycles. The lowest BCUT2D eigenvalue weighted by Crippen LogP contribution is -2.58. The zero-order valence-corrected chi connectivity index (χ0v) is 40.9. The molecule has 2 fully saturated rings. The number of amides is 4. The minimum Gasteiger partial charge on any atom is -0.491 e. The van der Waals surface area contributed by atoms with E-state index < -0.39 is 70.1 Å². The smallest absolute Gasteiger partial charge is 0.417 e. The average Bonchev–Trinajstić information content (AvgIpc) is 3.98. The number of β-amino-alcohol motifs (C(OH)–C–C–N with tert-alkyl or cyclic N) is 1. The number of aliphatic hydroxyl groups is 1. The van der Waals surface area contributed by atoms with E-state index >= 15 is 0 Å². The van der Waals surface area contributed by atoms with Gasteiger partial charge in [-0.05, 0) is 103 Å². The van der Waals surface area contributed by atoms with Crippen LogP contribution in [-0.2, 0) is 36.6 Å². The van der Waals surface area contributed by atoms with Crippen molar-refractivity contribution in [3.05, 3.63) is 119 Å². The van der Waals surface area contributed by atoms with Crippen molar-refractivity contribution in [3.63, 3.8) is 0 Å². The van der Waals surface area contributed by atoms with Crippen LogP contribution >= 0.6 is 23.6 Å². The third kappa shape index (κ3) is 11.2. The van der Waals surface area contributed by atoms with E-state index in [1.54, 1.807) is 86.7 Å². The SMILES string of the molecule is Cc1ncsc1-c1ccc(CNC(=O)[C@@H]2C[C@@H](O)CN2C(=O)[C@@H](NC(=O)COCCOc2ccc(-c3ccc(N4C(=S)N(c5ccc(C#N)c(C(F)(F)F)c5)C(=O)C4(C)C)cc3)cc2)C(C)(C)C)cc1. The van der Waals surface area contributed by atoms with E-state index in [-0.39, 0.29) is 50.1 Å². The van der Waals surface area contributed by atoms with Gasteiger partial charge in [0.25, 0.3) is 5.91 Å². The second-order valence-electron chi connectivity index (χ2n) is 18.6. The van der Waals surface area contributed by atoms with E-state index in [0.29, 0.717) is 11.4 Å². The van der Waals surface area contributed by atoms with Gasteiger partial charge in [0.2, 0.25) is 17.7 Å². The van der Waals surface area contributed by atoms with Gasteiger partial charge in [0.1, 0.15) is 36.6 Å². The number of ether oxygens (including phenoxy) is 2. The zero-order valence-electron chi connectivity index (χ0n) is 39.3. The van der Waals surface area contributed by atoms with Crippen molar-refractivity contribution in [2.75, 3.05) is 36.2 Å². The van der Waals surface area contributed by atoms with E-state index in [0.717, 1.165) is 49.9 Å². The summed E-state index contributed by atoms with van der Waals surface area (Å²) >= 11 is 7.22. The quantitative estimate of drug-likeness (QED) is 0.0689. The van der Waals surface area contributed by atoms with Gasteiger partial charge in [0, 0.05) is 25.2 Å². The molecule has 4 amide bonds. The lowest BCUT2D eigenvalue weighted by molar-refractivity contribution is -0.144. The van der Waals surface area contributed by atoms with Crippen LogP contribution in [0.15, 0.2) is 96.5 Å². The van der Waals surface area contributed by atoms with Crippen molar-refractivity contribution < 1.29 is 46.9 Å². The Hall–Kier alpha value is -6.72. The highest BCUT2D eigenvalue weighted by atomic mass is 32.1. The summed E-state index contributed by atoms with van der Waals surface area (Å²) in [6.07, 6.45) is -5.66. The number of nitriles is 1. The van der Waals surface area contributed by atoms with Gasteiger partial charge in [-0.1, -0.05) is 69.3 Å². The summed E-state index contributed by atoms with van der Waals surface area (Å²) in [6, 6.07) is 24.9. The van der Waals surface area contributed by atoms with E-state index in [1.807, 2.05) is 55.5 Å². The van der Waals surface area contributed by atoms with Gasteiger partial charge in [-0.15, -0.1) is 11.3 Å². The number of hydrogen-bond donors (Lipinski definition) is 3. The van der Waals surface area contributed by atoms with Gasteiger partial charge in [0.05, 0.1) is 51.7 Å². The number of aromatic nitrogens is 1. The third-order valence-electron chi connectivity index (χ3n) is 12.1. The number of rotatable bonds is 15. The normalized spacial score (nSPS) is 17.4. The second-order valence-corrected chi connectivity index (χ2v) is 19.8. The fourth-order valence-corrected chi connectivity index (χ4v) is 9.71. The molecule has 0 spiro atoms. The standard InChI is InChI=1S/C51H52F3N7O7S2/c1-30-43(70-29-57-30)34-9-7-31(8-10-34)26-56-45(64)41-24-38(62)27-59(41)46(65)44(49(2,3)4)58-42(63)28-67-21-22-68-39-19-14-33(15-20-39)32-11-16-36(17-12-32)61-48(69)60(47(66)50(61,5)6)37-18-13-35(25-55)40(23-37)51(52,53)54/h7-20,23,29,38,41,44,62H,21-22,24,26-28H2,1-6H3,(H,56,64)(H,58,63)/t38-,41+,44-/m1/s1. The summed E-state index contributed by atoms with van der Waals surface area (Å²) < 4.78 is 52.7. The average molecular weight is 996 g/mol. The van der Waals surface area contributed by atoms with Gasteiger partial charge in [-0.3, -0.25) is 24.1 Å². The highest BCUT2D eigenvalue weighted by Gasteiger charge is 2.51. The molecule has 0 aliphatic carbocycles. The monoisotopic (exact) mass is 995 g/mol. The second kappa shape index (κ2) is 20.7. The molecule has 4 aromatic carbocycles. The molecule has 0 saturated carbocycles. The molecular weight excluding hydrogens is 944 g/mol. The number of hydrogen-bond acceptors (Lipinski definition) is 11. The van der Waals surface area contributed by atoms with Crippen LogP contribution in [0.4, 0.5) is 24.5 Å². The summed E-state index contributed by atoms with van der Waals surface area (Å²) in [6.45, 7) is 10.6. The number of carbonyl (C=O) groups is 4. The lowest BCUT2D eigenvalue weighted by Gasteiger charge is -2.35. The van der Waals surface area contributed by atoms with Crippen LogP contribution in [0.1, 0.15) is 63.4 Å². The van der Waals surface area contributed by atoms with E-state index in [2.05, 4.69) is 15.6 Å². The number of benzene rings is 4. The fraction of sp³-hybridized carbons (Fsp3) is 0.353. The molecule has 5 aromatic rings. The molecular formula is C51H52F3N7O7S2. The Morgan fingerprint density at radius 3 is 2.19 bits per heavy atom. The van der Waals surface area contributed by atoms with Gasteiger partial charge in [-0.25, -0.2) is 4.98 Å². The number of thiocarbonyl (C=S) groups is 1. The molecule has 1 aromatic heterocycles. The molecule has 3 atom stereocenters. The number of thiazole rings is 1. The fourth-order valence-electron chi connectivity index (χ4n) is 8.37. The van der Waals surface area contributed by atoms with Crippen LogP contribution in [-0.4, -0.2) is 93.8 Å². The maximum atomic E-state index is 14.0. The molecule has 70 heavy (non-hydrogen) atoms. The van der Waals surface area contributed by atoms with Gasteiger partial charge >= 0.3 is 6.18 Å². The molecule has 2 saturated heterocycles. The number of anilines is 2. The third-order valence-corrected chi connectivity index (χ3v) is 13.5. The first kappa shape index (κ1) is 51.1. The number of likely N-dealkylation sites (tertiary alicyclic amines) is 1. The minimum atomic E-state index is -4.81. The first-order valence-corrected chi connectivity index (χ1v) is 23.6. The number of nitrogens with zero attached hydrogens (tertiary/aromatic N) is 5. The van der Waals surface area contributed by atoms with Crippen LogP contribution in [0, 0.1) is 23.7 Å². The number of alkyl halides is 3. The highest BCUT2D eigenvalue weighted by molar-refractivity contribution is 7.81. The molecule has 3 N–H and O–H groups in total. The first-order valence-electron chi connectivity index (χ1n) is 22.3. The Balaban J connectivity index is 0.880. The minimum absolute atomic E-state index is 0.0106. The Morgan fingerprint density at radius 2 is 1.59 bits per heavy atom. The van der Waals surface area contributed by atoms with E-state index in [4.69, 9.17) is 21.7 Å². The maximum Gasteiger partial charge on any atom is 0.417 e. The van der Waals surface area contributed by atoms with Crippen molar-refractivity contribution in [2.45, 2.75) is 84.4 Å². The number of aryl methyl sites for hydroxylation is 1. The number of aliphatic hydroxyl groups excluding tert-OH is 1. The number of carbonyl (C=O) groups excluding carboxylic acids is 4. The summed E-state index contributed by atoms with van der Waals surface area (Å²) in [5, 5.41) is 25.5. The summed E-state index contributed by atoms with van der Waals surface area (Å²) in [5.74, 6) is -1.41. The number of nitrogens with one attached hydrogen (secondary N) is 2. The predicted molar refractivity (Wildman–Crippen MR) is 263 cm³/mol. The molecule has 19 heteroatoms. The lowest BCUT2D eigenvalue weighted by atomic mass is 9.85. The number of halogens is 3. The Morgan fingerprint density at radius 1 is 0.957 bits per heavy atom. The molecule has 0 bridgehead atoms. The largest absolute Gasteiger partial charge is 0.491 e. The van der Waals surface area contributed by atoms with Crippen molar-refractivity contribution >= 4 is 63.7 Å². The van der Waals surface area contributed by atoms with Crippen LogP contribution in [0.5, 0.6) is 5.75 Å². The van der Waals surface area contributed by atoms with Crippen LogP contribution in [0.3, 0.4) is 0 Å². The summed E-state index contributed by atoms with van der Waals surface area (Å²) in [7, 11) is 0. The highest BCUT2D eigenvalue weighted by Crippen LogP contribution is 2.40. The Kier molecular flexibility index (Phi) is 15.1. The zero-order chi connectivity index (χ0) is 50.7. The van der Waals surface area contributed by atoms with Crippen LogP contribution < -0.4 is 25.2 Å². The molecule has 2 aliphatic rings. The summed E-state index contributed by atoms with van der Waals surface area (Å²) in [4.78, 5) is 63.6. The molecule has 7 rings (SSSR count). The molecule has 14 nitrogen and oxygen atoms in total. The van der Waals surface area contributed by atoms with Crippen molar-refractivity contribution in [2.24, 2.45) is 5.41 Å². The van der Waals surface area contributed by atoms with E-state index in [9.17, 15) is 42.7 Å². The van der Waals surface area contributed by atoms with Gasteiger partial charge in [0.15, 0.2) is 5.11 Å². The predicted octanol–water partition coefficient (Wildman–Crippen LogP) is 7.80. The molecule has 366 valence electrons.